The number of hydrogen-bond donors (Lipinski definition) is 1. The molecule has 1 saturated heterocycles. The van der Waals surface area contributed by atoms with Gasteiger partial charge in [-0.25, -0.2) is 15.0 Å². The predicted molar refractivity (Wildman–Crippen MR) is 128 cm³/mol. The summed E-state index contributed by atoms with van der Waals surface area (Å²) in [6.45, 7) is 6.49. The van der Waals surface area contributed by atoms with Crippen LogP contribution in [-0.2, 0) is 6.54 Å². The van der Waals surface area contributed by atoms with Crippen LogP contribution in [0, 0.1) is 31.6 Å². The quantitative estimate of drug-likeness (QED) is 0.502. The molecule has 4 aromatic rings. The lowest BCUT2D eigenvalue weighted by atomic mass is 10.0. The number of piperidine rings is 1. The molecule has 6 rings (SSSR count). The maximum absolute atomic E-state index is 13.7. The molecule has 3 aromatic heterocycles. The van der Waals surface area contributed by atoms with E-state index in [9.17, 15) is 4.79 Å². The van der Waals surface area contributed by atoms with Crippen LogP contribution >= 0.6 is 11.6 Å². The number of nitrogens with one attached hydrogen (secondary N) is 1. The molecule has 8 heteroatoms. The minimum atomic E-state index is -0.0662. The lowest BCUT2D eigenvalue weighted by Gasteiger charge is -2.15. The van der Waals surface area contributed by atoms with Crippen molar-refractivity contribution in [3.05, 3.63) is 69.8 Å². The van der Waals surface area contributed by atoms with E-state index < -0.39 is 0 Å². The molecule has 2 unspecified atom stereocenters. The average Bonchev–Trinajstić information content (AvgIpc) is 3.21. The number of aromatic nitrogens is 5. The first-order valence-corrected chi connectivity index (χ1v) is 11.5. The van der Waals surface area contributed by atoms with Crippen molar-refractivity contribution in [3.8, 4) is 22.4 Å². The summed E-state index contributed by atoms with van der Waals surface area (Å²) in [5, 5.41) is 4.76. The molecule has 2 atom stereocenters. The van der Waals surface area contributed by atoms with Crippen LogP contribution in [0.5, 0.6) is 0 Å². The third-order valence-corrected chi connectivity index (χ3v) is 7.23. The molecule has 1 aliphatic heterocycles. The molecule has 1 saturated carbocycles. The van der Waals surface area contributed by atoms with Gasteiger partial charge in [-0.15, -0.1) is 0 Å². The van der Waals surface area contributed by atoms with Gasteiger partial charge in [0.1, 0.15) is 11.5 Å². The highest BCUT2D eigenvalue weighted by molar-refractivity contribution is 6.33. The molecule has 1 aromatic carbocycles. The Kier molecular flexibility index (Phi) is 4.78. The molecule has 4 heterocycles. The number of benzene rings is 1. The van der Waals surface area contributed by atoms with Crippen LogP contribution in [0.2, 0.25) is 5.02 Å². The van der Waals surface area contributed by atoms with Gasteiger partial charge >= 0.3 is 0 Å². The van der Waals surface area contributed by atoms with Crippen molar-refractivity contribution in [1.29, 1.82) is 0 Å². The largest absolute Gasteiger partial charge is 0.316 e. The monoisotopic (exact) mass is 458 g/mol. The fraction of sp³-hybridized carbons (Fsp3) is 0.320. The van der Waals surface area contributed by atoms with Crippen LogP contribution in [-0.4, -0.2) is 37.6 Å². The van der Waals surface area contributed by atoms with Crippen LogP contribution in [0.15, 0.2) is 47.7 Å². The molecule has 33 heavy (non-hydrogen) atoms. The summed E-state index contributed by atoms with van der Waals surface area (Å²) in [6, 6.07) is 7.52. The number of hydrogen-bond acceptors (Lipinski definition) is 6. The van der Waals surface area contributed by atoms with Gasteiger partial charge in [-0.2, -0.15) is 0 Å². The first-order valence-electron chi connectivity index (χ1n) is 11.2. The number of nitrogens with zero attached hydrogens (tertiary/aromatic N) is 5. The van der Waals surface area contributed by atoms with E-state index >= 15 is 0 Å². The third kappa shape index (κ3) is 3.52. The van der Waals surface area contributed by atoms with E-state index in [0.717, 1.165) is 35.4 Å². The predicted octanol–water partition coefficient (Wildman–Crippen LogP) is 3.65. The molecule has 2 aliphatic rings. The van der Waals surface area contributed by atoms with Crippen molar-refractivity contribution in [2.45, 2.75) is 20.4 Å². The number of fused-ring (bicyclic) bond motifs is 2. The molecule has 0 bridgehead atoms. The van der Waals surface area contributed by atoms with Crippen LogP contribution < -0.4 is 10.9 Å². The summed E-state index contributed by atoms with van der Waals surface area (Å²) in [7, 11) is 0. The Morgan fingerprint density at radius 2 is 1.88 bits per heavy atom. The zero-order valence-electron chi connectivity index (χ0n) is 18.4. The summed E-state index contributed by atoms with van der Waals surface area (Å²) in [4.78, 5) is 31.5. The van der Waals surface area contributed by atoms with Gasteiger partial charge in [0.2, 0.25) is 0 Å². The van der Waals surface area contributed by atoms with E-state index in [1.165, 1.54) is 0 Å². The molecular formula is C25H23ClN6O. The smallest absolute Gasteiger partial charge is 0.260 e. The Bertz CT molecular complexity index is 1460. The Hall–Kier alpha value is -3.16. The molecule has 0 spiro atoms. The zero-order valence-corrected chi connectivity index (χ0v) is 19.2. The summed E-state index contributed by atoms with van der Waals surface area (Å²) in [6.07, 6.45) is 5.21. The summed E-state index contributed by atoms with van der Waals surface area (Å²) < 4.78 is 1.83. The van der Waals surface area contributed by atoms with Crippen molar-refractivity contribution in [1.82, 2.24) is 29.8 Å². The van der Waals surface area contributed by atoms with Crippen molar-refractivity contribution in [3.63, 3.8) is 0 Å². The minimum Gasteiger partial charge on any atom is -0.316 e. The van der Waals surface area contributed by atoms with E-state index in [4.69, 9.17) is 11.6 Å². The molecular weight excluding hydrogens is 436 g/mol. The maximum atomic E-state index is 13.7. The molecule has 0 radical (unpaired) electrons. The van der Waals surface area contributed by atoms with Gasteiger partial charge in [-0.3, -0.25) is 14.3 Å². The molecule has 1 N–H and O–H groups in total. The molecule has 166 valence electrons. The number of aryl methyl sites for hydroxylation is 2. The highest BCUT2D eigenvalue weighted by Gasteiger charge is 2.52. The van der Waals surface area contributed by atoms with E-state index in [0.29, 0.717) is 51.9 Å². The van der Waals surface area contributed by atoms with Gasteiger partial charge in [0, 0.05) is 46.0 Å². The number of pyridine rings is 1. The van der Waals surface area contributed by atoms with E-state index in [1.807, 2.05) is 42.7 Å². The summed E-state index contributed by atoms with van der Waals surface area (Å²) in [5.41, 5.74) is 4.32. The van der Waals surface area contributed by atoms with Crippen molar-refractivity contribution in [2.24, 2.45) is 17.8 Å². The molecule has 2 fully saturated rings. The Morgan fingerprint density at radius 1 is 1.06 bits per heavy atom. The minimum absolute atomic E-state index is 0.0662. The van der Waals surface area contributed by atoms with Gasteiger partial charge in [0.25, 0.3) is 5.56 Å². The second kappa shape index (κ2) is 7.71. The second-order valence-corrected chi connectivity index (χ2v) is 9.47. The van der Waals surface area contributed by atoms with Crippen molar-refractivity contribution < 1.29 is 0 Å². The van der Waals surface area contributed by atoms with Crippen LogP contribution in [0.3, 0.4) is 0 Å². The third-order valence-electron chi connectivity index (χ3n) is 6.92. The standard InChI is InChI=1S/C25H23ClN6O/c1-13-7-27-11-23(30-13)15-3-4-17(22(26)6-15)18-5-16-8-29-14(2)31-24(16)32(25(18)33)12-21-19-9-28-10-20(19)21/h3-8,11,19-21,28H,9-10,12H2,1-2H3. The SMILES string of the molecule is Cc1cncc(-c2ccc(-c3cc4cnc(C)nc4n(CC4C5CNCC54)c3=O)c(Cl)c2)n1. The van der Waals surface area contributed by atoms with Gasteiger partial charge in [0.15, 0.2) is 0 Å². The lowest BCUT2D eigenvalue weighted by Crippen LogP contribution is -2.26. The number of rotatable bonds is 4. The van der Waals surface area contributed by atoms with Gasteiger partial charge in [0.05, 0.1) is 17.6 Å². The van der Waals surface area contributed by atoms with Gasteiger partial charge in [-0.1, -0.05) is 23.7 Å². The first-order chi connectivity index (χ1) is 16.0. The highest BCUT2D eigenvalue weighted by Crippen LogP contribution is 2.49. The molecule has 1 aliphatic carbocycles. The average molecular weight is 459 g/mol. The summed E-state index contributed by atoms with van der Waals surface area (Å²) in [5.74, 6) is 2.46. The van der Waals surface area contributed by atoms with E-state index in [1.54, 1.807) is 18.6 Å². The molecule has 0 amide bonds. The second-order valence-electron chi connectivity index (χ2n) is 9.06. The Balaban J connectivity index is 1.46. The Labute approximate surface area is 195 Å². The van der Waals surface area contributed by atoms with Crippen molar-refractivity contribution in [2.75, 3.05) is 13.1 Å². The fourth-order valence-electron chi connectivity index (χ4n) is 5.13. The topological polar surface area (TPSA) is 85.6 Å². The normalized spacial score (nSPS) is 21.4. The van der Waals surface area contributed by atoms with Crippen LogP contribution in [0.4, 0.5) is 0 Å². The summed E-state index contributed by atoms with van der Waals surface area (Å²) >= 11 is 6.71. The van der Waals surface area contributed by atoms with Crippen LogP contribution in [0.1, 0.15) is 11.5 Å². The number of halogens is 1. The highest BCUT2D eigenvalue weighted by atomic mass is 35.5. The van der Waals surface area contributed by atoms with E-state index in [2.05, 4.69) is 25.3 Å². The maximum Gasteiger partial charge on any atom is 0.260 e. The van der Waals surface area contributed by atoms with Gasteiger partial charge in [-0.05, 0) is 56.8 Å². The zero-order chi connectivity index (χ0) is 22.7. The lowest BCUT2D eigenvalue weighted by molar-refractivity contribution is 0.515. The van der Waals surface area contributed by atoms with E-state index in [-0.39, 0.29) is 5.56 Å². The van der Waals surface area contributed by atoms with Crippen molar-refractivity contribution >= 4 is 22.6 Å². The fourth-order valence-corrected chi connectivity index (χ4v) is 5.41. The van der Waals surface area contributed by atoms with Gasteiger partial charge < -0.3 is 5.32 Å². The molecule has 7 nitrogen and oxygen atoms in total. The first kappa shape index (κ1) is 20.4. The van der Waals surface area contributed by atoms with Crippen LogP contribution in [0.25, 0.3) is 33.4 Å². The Morgan fingerprint density at radius 3 is 2.64 bits per heavy atom.